The first kappa shape index (κ1) is 20.4. The van der Waals surface area contributed by atoms with Gasteiger partial charge in [0.05, 0.1) is 6.26 Å². The molecule has 0 saturated heterocycles. The van der Waals surface area contributed by atoms with E-state index in [1.807, 2.05) is 12.1 Å². The fraction of sp³-hybridized carbons (Fsp3) is 0.0476. The first-order chi connectivity index (χ1) is 14.2. The highest BCUT2D eigenvalue weighted by molar-refractivity contribution is 7.92. The monoisotopic (exact) mass is 459 g/mol. The van der Waals surface area contributed by atoms with Gasteiger partial charge in [0.2, 0.25) is 10.0 Å². The van der Waals surface area contributed by atoms with Gasteiger partial charge in [0.15, 0.2) is 5.78 Å². The highest BCUT2D eigenvalue weighted by Gasteiger charge is 2.17. The number of pyridine rings is 1. The van der Waals surface area contributed by atoms with Crippen LogP contribution in [0.2, 0.25) is 10.0 Å². The number of fused-ring (bicyclic) bond motifs is 1. The Labute approximate surface area is 182 Å². The lowest BCUT2D eigenvalue weighted by atomic mass is 10.0. The molecule has 2 aromatic heterocycles. The van der Waals surface area contributed by atoms with Gasteiger partial charge >= 0.3 is 0 Å². The Balaban J connectivity index is 1.77. The van der Waals surface area contributed by atoms with Crippen LogP contribution in [-0.4, -0.2) is 30.4 Å². The summed E-state index contributed by atoms with van der Waals surface area (Å²) in [5.74, 6) is -0.239. The number of halogens is 2. The van der Waals surface area contributed by atoms with Crippen molar-refractivity contribution in [3.63, 3.8) is 0 Å². The zero-order valence-corrected chi connectivity index (χ0v) is 17.9. The molecule has 2 N–H and O–H groups in total. The van der Waals surface area contributed by atoms with Crippen molar-refractivity contribution >= 4 is 55.7 Å². The molecular weight excluding hydrogens is 445 g/mol. The maximum Gasteiger partial charge on any atom is 0.229 e. The van der Waals surface area contributed by atoms with Crippen LogP contribution in [0, 0.1) is 0 Å². The maximum absolute atomic E-state index is 13.0. The number of hydrogen-bond acceptors (Lipinski definition) is 4. The van der Waals surface area contributed by atoms with E-state index in [-0.39, 0.29) is 5.78 Å². The molecule has 0 fully saturated rings. The Morgan fingerprint density at radius 2 is 1.77 bits per heavy atom. The molecule has 30 heavy (non-hydrogen) atoms. The molecule has 4 rings (SSSR count). The number of nitrogens with zero attached hydrogens (tertiary/aromatic N) is 1. The van der Waals surface area contributed by atoms with Crippen molar-refractivity contribution in [1.29, 1.82) is 0 Å². The zero-order chi connectivity index (χ0) is 21.5. The minimum absolute atomic E-state index is 0.239. The van der Waals surface area contributed by atoms with Gasteiger partial charge in [-0.2, -0.15) is 0 Å². The van der Waals surface area contributed by atoms with Crippen LogP contribution in [0.5, 0.6) is 0 Å². The molecule has 6 nitrogen and oxygen atoms in total. The van der Waals surface area contributed by atoms with Crippen LogP contribution in [0.1, 0.15) is 15.9 Å². The summed E-state index contributed by atoms with van der Waals surface area (Å²) in [4.78, 5) is 20.4. The smallest absolute Gasteiger partial charge is 0.229 e. The predicted octanol–water partition coefficient (Wildman–Crippen LogP) is 5.14. The number of nitrogens with one attached hydrogen (secondary N) is 2. The van der Waals surface area contributed by atoms with E-state index in [1.54, 1.807) is 48.8 Å². The molecule has 152 valence electrons. The first-order valence-electron chi connectivity index (χ1n) is 8.76. The summed E-state index contributed by atoms with van der Waals surface area (Å²) in [6.07, 6.45) is 4.34. The number of benzene rings is 2. The fourth-order valence-corrected chi connectivity index (χ4v) is 4.25. The van der Waals surface area contributed by atoms with Crippen LogP contribution < -0.4 is 4.72 Å². The lowest BCUT2D eigenvalue weighted by molar-refractivity contribution is 0.104. The lowest BCUT2D eigenvalue weighted by Crippen LogP contribution is -2.09. The SMILES string of the molecule is CS(=O)(=O)Nc1cccc(-c2cnc3[nH]cc(C(=O)c4cc(Cl)cc(Cl)c4)c3c2)c1. The van der Waals surface area contributed by atoms with E-state index in [1.165, 1.54) is 0 Å². The van der Waals surface area contributed by atoms with E-state index >= 15 is 0 Å². The molecule has 0 aliphatic carbocycles. The summed E-state index contributed by atoms with van der Waals surface area (Å²) in [6.45, 7) is 0. The molecule has 0 atom stereocenters. The summed E-state index contributed by atoms with van der Waals surface area (Å²) in [6, 6.07) is 13.5. The van der Waals surface area contributed by atoms with Gasteiger partial charge in [-0.05, 0) is 42.0 Å². The average Bonchev–Trinajstić information content (AvgIpc) is 3.08. The Kier molecular flexibility index (Phi) is 5.27. The standard InChI is InChI=1S/C21H15Cl2N3O3S/c1-30(28,29)26-17-4-2-3-12(7-17)14-8-18-19(11-25-21(18)24-10-14)20(27)13-5-15(22)9-16(23)6-13/h2-11,26H,1H3,(H,24,25). The van der Waals surface area contributed by atoms with Crippen molar-refractivity contribution in [3.05, 3.63) is 82.1 Å². The van der Waals surface area contributed by atoms with Crippen molar-refractivity contribution in [3.8, 4) is 11.1 Å². The van der Waals surface area contributed by atoms with E-state index < -0.39 is 10.0 Å². The molecule has 9 heteroatoms. The van der Waals surface area contributed by atoms with Gasteiger partial charge in [0.1, 0.15) is 5.65 Å². The number of anilines is 1. The minimum Gasteiger partial charge on any atom is -0.345 e. The van der Waals surface area contributed by atoms with Crippen molar-refractivity contribution in [1.82, 2.24) is 9.97 Å². The van der Waals surface area contributed by atoms with E-state index in [2.05, 4.69) is 14.7 Å². The van der Waals surface area contributed by atoms with Crippen molar-refractivity contribution < 1.29 is 13.2 Å². The molecule has 0 radical (unpaired) electrons. The summed E-state index contributed by atoms with van der Waals surface area (Å²) in [5.41, 5.74) is 3.29. The topological polar surface area (TPSA) is 91.9 Å². The van der Waals surface area contributed by atoms with E-state index in [9.17, 15) is 13.2 Å². The van der Waals surface area contributed by atoms with Crippen LogP contribution in [0.4, 0.5) is 5.69 Å². The average molecular weight is 460 g/mol. The third-order valence-corrected chi connectivity index (χ3v) is 5.44. The van der Waals surface area contributed by atoms with E-state index in [0.717, 1.165) is 17.4 Å². The third kappa shape index (κ3) is 4.33. The van der Waals surface area contributed by atoms with Gasteiger partial charge in [0.25, 0.3) is 0 Å². The van der Waals surface area contributed by atoms with E-state index in [0.29, 0.717) is 37.9 Å². The third-order valence-electron chi connectivity index (χ3n) is 4.40. The number of rotatable bonds is 5. The van der Waals surface area contributed by atoms with Crippen molar-refractivity contribution in [2.45, 2.75) is 0 Å². The largest absolute Gasteiger partial charge is 0.345 e. The molecule has 4 aromatic rings. The number of ketones is 1. The van der Waals surface area contributed by atoms with Gasteiger partial charge in [-0.1, -0.05) is 35.3 Å². The molecule has 0 amide bonds. The fourth-order valence-electron chi connectivity index (χ4n) is 3.17. The minimum atomic E-state index is -3.39. The van der Waals surface area contributed by atoms with Crippen molar-refractivity contribution in [2.24, 2.45) is 0 Å². The highest BCUT2D eigenvalue weighted by Crippen LogP contribution is 2.29. The summed E-state index contributed by atoms with van der Waals surface area (Å²) < 4.78 is 25.5. The molecule has 0 bridgehead atoms. The summed E-state index contributed by atoms with van der Waals surface area (Å²) in [7, 11) is -3.39. The molecule has 2 aromatic carbocycles. The molecule has 2 heterocycles. The number of aromatic amines is 1. The second kappa shape index (κ2) is 7.75. The number of carbonyl (C=O) groups is 1. The summed E-state index contributed by atoms with van der Waals surface area (Å²) in [5, 5.41) is 1.38. The highest BCUT2D eigenvalue weighted by atomic mass is 35.5. The second-order valence-electron chi connectivity index (χ2n) is 6.76. The lowest BCUT2D eigenvalue weighted by Gasteiger charge is -2.07. The number of carbonyl (C=O) groups excluding carboxylic acids is 1. The number of sulfonamides is 1. The van der Waals surface area contributed by atoms with E-state index in [4.69, 9.17) is 23.2 Å². The first-order valence-corrected chi connectivity index (χ1v) is 11.4. The molecule has 0 saturated carbocycles. The number of hydrogen-bond donors (Lipinski definition) is 2. The van der Waals surface area contributed by atoms with Crippen LogP contribution in [-0.2, 0) is 10.0 Å². The molecule has 0 unspecified atom stereocenters. The predicted molar refractivity (Wildman–Crippen MR) is 120 cm³/mol. The Hall–Kier alpha value is -2.87. The Morgan fingerprint density at radius 3 is 2.47 bits per heavy atom. The molecule has 0 spiro atoms. The van der Waals surface area contributed by atoms with Gasteiger partial charge in [-0.15, -0.1) is 0 Å². The number of H-pyrrole nitrogens is 1. The van der Waals surface area contributed by atoms with Gasteiger partial charge in [-0.25, -0.2) is 13.4 Å². The molecule has 0 aliphatic heterocycles. The van der Waals surface area contributed by atoms with Crippen LogP contribution in [0.3, 0.4) is 0 Å². The van der Waals surface area contributed by atoms with Gasteiger partial charge in [-0.3, -0.25) is 9.52 Å². The van der Waals surface area contributed by atoms with Crippen LogP contribution in [0.25, 0.3) is 22.2 Å². The zero-order valence-electron chi connectivity index (χ0n) is 15.6. The maximum atomic E-state index is 13.0. The molecule has 0 aliphatic rings. The Bertz CT molecular complexity index is 1380. The quantitative estimate of drug-likeness (QED) is 0.404. The van der Waals surface area contributed by atoms with Gasteiger partial charge in [0, 0.05) is 50.2 Å². The van der Waals surface area contributed by atoms with Gasteiger partial charge < -0.3 is 4.98 Å². The summed E-state index contributed by atoms with van der Waals surface area (Å²) >= 11 is 12.1. The second-order valence-corrected chi connectivity index (χ2v) is 9.39. The molecular formula is C21H15Cl2N3O3S. The Morgan fingerprint density at radius 1 is 1.03 bits per heavy atom. The van der Waals surface area contributed by atoms with Crippen LogP contribution in [0.15, 0.2) is 60.9 Å². The normalized spacial score (nSPS) is 11.6. The number of aromatic nitrogens is 2. The van der Waals surface area contributed by atoms with Crippen LogP contribution >= 0.6 is 23.2 Å². The van der Waals surface area contributed by atoms with Crippen molar-refractivity contribution in [2.75, 3.05) is 11.0 Å².